The van der Waals surface area contributed by atoms with Gasteiger partial charge in [0, 0.05) is 25.1 Å². The molecule has 0 saturated carbocycles. The van der Waals surface area contributed by atoms with Gasteiger partial charge in [-0.1, -0.05) is 0 Å². The van der Waals surface area contributed by atoms with Gasteiger partial charge in [0.2, 0.25) is 0 Å². The zero-order valence-corrected chi connectivity index (χ0v) is 16.5. The highest BCUT2D eigenvalue weighted by Gasteiger charge is 2.03. The zero-order chi connectivity index (χ0) is 15.6. The minimum atomic E-state index is 0. The molecule has 0 atom stereocenters. The number of aliphatic imine (C=N–C) groups is 1. The van der Waals surface area contributed by atoms with E-state index in [1.54, 1.807) is 24.6 Å². The van der Waals surface area contributed by atoms with Crippen molar-refractivity contribution in [1.29, 1.82) is 0 Å². The first kappa shape index (κ1) is 19.9. The largest absolute Gasteiger partial charge is 0.467 e. The van der Waals surface area contributed by atoms with Crippen LogP contribution in [-0.2, 0) is 17.9 Å². The average Bonchev–Trinajstić information content (AvgIpc) is 3.17. The summed E-state index contributed by atoms with van der Waals surface area (Å²) in [6, 6.07) is 3.77. The van der Waals surface area contributed by atoms with Gasteiger partial charge < -0.3 is 19.8 Å². The van der Waals surface area contributed by atoms with Crippen LogP contribution in [0.25, 0.3) is 0 Å². The number of hydrogen-bond acceptors (Lipinski definition) is 5. The summed E-state index contributed by atoms with van der Waals surface area (Å²) in [7, 11) is 1.77. The van der Waals surface area contributed by atoms with Gasteiger partial charge in [0.1, 0.15) is 12.4 Å². The molecule has 0 fully saturated rings. The van der Waals surface area contributed by atoms with Crippen molar-refractivity contribution in [3.63, 3.8) is 0 Å². The van der Waals surface area contributed by atoms with Crippen molar-refractivity contribution >= 4 is 41.3 Å². The minimum absolute atomic E-state index is 0. The Kier molecular flexibility index (Phi) is 9.88. The first-order chi connectivity index (χ1) is 10.8. The summed E-state index contributed by atoms with van der Waals surface area (Å²) in [6.07, 6.45) is 2.56. The molecule has 0 unspecified atom stereocenters. The Morgan fingerprint density at radius 2 is 2.30 bits per heavy atom. The second-order valence-corrected chi connectivity index (χ2v) is 5.64. The summed E-state index contributed by atoms with van der Waals surface area (Å²) in [5.74, 6) is 1.64. The number of hydrogen-bond donors (Lipinski definition) is 2. The number of nitrogens with one attached hydrogen (secondary N) is 2. The van der Waals surface area contributed by atoms with Crippen LogP contribution in [0.15, 0.2) is 33.3 Å². The molecule has 128 valence electrons. The SMILES string of the molecule is CN=C(NCCCOCc1ccco1)NCc1scnc1C.I. The molecular weight excluding hydrogens is 427 g/mol. The average molecular weight is 450 g/mol. The van der Waals surface area contributed by atoms with E-state index in [-0.39, 0.29) is 24.0 Å². The van der Waals surface area contributed by atoms with Gasteiger partial charge in [0.15, 0.2) is 5.96 Å². The van der Waals surface area contributed by atoms with Crippen molar-refractivity contribution < 1.29 is 9.15 Å². The van der Waals surface area contributed by atoms with Crippen LogP contribution in [0.1, 0.15) is 22.8 Å². The van der Waals surface area contributed by atoms with Crippen molar-refractivity contribution in [3.05, 3.63) is 40.2 Å². The van der Waals surface area contributed by atoms with Crippen LogP contribution >= 0.6 is 35.3 Å². The standard InChI is InChI=1S/C15H22N4O2S.HI/c1-12-14(22-11-19-12)9-18-15(16-2)17-6-4-7-20-10-13-5-3-8-21-13;/h3,5,8,11H,4,6-7,9-10H2,1-2H3,(H2,16,17,18);1H. The Morgan fingerprint density at radius 3 is 2.96 bits per heavy atom. The summed E-state index contributed by atoms with van der Waals surface area (Å²) in [5, 5.41) is 6.54. The summed E-state index contributed by atoms with van der Waals surface area (Å²) in [4.78, 5) is 9.66. The third-order valence-electron chi connectivity index (χ3n) is 3.07. The Balaban J connectivity index is 0.00000264. The van der Waals surface area contributed by atoms with Gasteiger partial charge in [0.05, 0.1) is 24.0 Å². The lowest BCUT2D eigenvalue weighted by Crippen LogP contribution is -2.37. The molecule has 8 heteroatoms. The Bertz CT molecular complexity index is 572. The molecule has 6 nitrogen and oxygen atoms in total. The number of guanidine groups is 1. The van der Waals surface area contributed by atoms with E-state index in [4.69, 9.17) is 9.15 Å². The van der Waals surface area contributed by atoms with E-state index in [9.17, 15) is 0 Å². The van der Waals surface area contributed by atoms with Crippen LogP contribution in [0.4, 0.5) is 0 Å². The Hall–Kier alpha value is -1.13. The molecule has 0 amide bonds. The van der Waals surface area contributed by atoms with Gasteiger partial charge in [0.25, 0.3) is 0 Å². The molecule has 2 aromatic heterocycles. The fourth-order valence-corrected chi connectivity index (χ4v) is 2.55. The number of rotatable bonds is 8. The van der Waals surface area contributed by atoms with Crippen LogP contribution in [0.3, 0.4) is 0 Å². The predicted molar refractivity (Wildman–Crippen MR) is 103 cm³/mol. The predicted octanol–water partition coefficient (Wildman–Crippen LogP) is 2.93. The van der Waals surface area contributed by atoms with E-state index in [0.717, 1.165) is 36.9 Å². The van der Waals surface area contributed by atoms with E-state index in [1.807, 2.05) is 24.6 Å². The molecule has 0 aliphatic carbocycles. The first-order valence-electron chi connectivity index (χ1n) is 7.23. The molecule has 0 spiro atoms. The molecule has 2 N–H and O–H groups in total. The van der Waals surface area contributed by atoms with Gasteiger partial charge in [-0.3, -0.25) is 4.99 Å². The van der Waals surface area contributed by atoms with Crippen LogP contribution < -0.4 is 10.6 Å². The summed E-state index contributed by atoms with van der Waals surface area (Å²) >= 11 is 1.65. The zero-order valence-electron chi connectivity index (χ0n) is 13.4. The Morgan fingerprint density at radius 1 is 1.43 bits per heavy atom. The number of halogens is 1. The van der Waals surface area contributed by atoms with E-state index < -0.39 is 0 Å². The maximum Gasteiger partial charge on any atom is 0.191 e. The molecular formula is C15H23IN4O2S. The van der Waals surface area contributed by atoms with E-state index in [1.165, 1.54) is 4.88 Å². The van der Waals surface area contributed by atoms with Gasteiger partial charge in [-0.05, 0) is 25.5 Å². The molecule has 0 radical (unpaired) electrons. The lowest BCUT2D eigenvalue weighted by molar-refractivity contribution is 0.105. The fraction of sp³-hybridized carbons (Fsp3) is 0.467. The highest BCUT2D eigenvalue weighted by molar-refractivity contribution is 14.0. The van der Waals surface area contributed by atoms with Gasteiger partial charge in [-0.2, -0.15) is 0 Å². The second kappa shape index (κ2) is 11.4. The highest BCUT2D eigenvalue weighted by Crippen LogP contribution is 2.10. The van der Waals surface area contributed by atoms with Crippen molar-refractivity contribution in [2.45, 2.75) is 26.5 Å². The fourth-order valence-electron chi connectivity index (χ4n) is 1.83. The van der Waals surface area contributed by atoms with Crippen LogP contribution in [0.5, 0.6) is 0 Å². The van der Waals surface area contributed by atoms with Crippen molar-refractivity contribution in [2.24, 2.45) is 4.99 Å². The molecule has 0 aromatic carbocycles. The van der Waals surface area contributed by atoms with E-state index >= 15 is 0 Å². The van der Waals surface area contributed by atoms with Gasteiger partial charge in [-0.25, -0.2) is 4.98 Å². The van der Waals surface area contributed by atoms with Crippen LogP contribution in [-0.4, -0.2) is 31.1 Å². The molecule has 2 rings (SSSR count). The van der Waals surface area contributed by atoms with Crippen molar-refractivity contribution in [1.82, 2.24) is 15.6 Å². The number of ether oxygens (including phenoxy) is 1. The van der Waals surface area contributed by atoms with E-state index in [0.29, 0.717) is 13.2 Å². The van der Waals surface area contributed by atoms with E-state index in [2.05, 4.69) is 20.6 Å². The molecule has 0 saturated heterocycles. The number of thiazole rings is 1. The normalized spacial score (nSPS) is 11.1. The third kappa shape index (κ3) is 7.32. The molecule has 2 heterocycles. The molecule has 0 bridgehead atoms. The first-order valence-corrected chi connectivity index (χ1v) is 8.11. The van der Waals surface area contributed by atoms with Crippen LogP contribution in [0.2, 0.25) is 0 Å². The van der Waals surface area contributed by atoms with Gasteiger partial charge >= 0.3 is 0 Å². The lowest BCUT2D eigenvalue weighted by atomic mass is 10.4. The summed E-state index contributed by atoms with van der Waals surface area (Å²) in [6.45, 7) is 4.76. The number of aromatic nitrogens is 1. The monoisotopic (exact) mass is 450 g/mol. The summed E-state index contributed by atoms with van der Waals surface area (Å²) in [5.41, 5.74) is 2.93. The van der Waals surface area contributed by atoms with Crippen molar-refractivity contribution in [2.75, 3.05) is 20.2 Å². The van der Waals surface area contributed by atoms with Crippen LogP contribution in [0, 0.1) is 6.92 Å². The van der Waals surface area contributed by atoms with Crippen molar-refractivity contribution in [3.8, 4) is 0 Å². The molecule has 23 heavy (non-hydrogen) atoms. The Labute approximate surface area is 157 Å². The smallest absolute Gasteiger partial charge is 0.191 e. The maximum absolute atomic E-state index is 5.53. The highest BCUT2D eigenvalue weighted by atomic mass is 127. The second-order valence-electron chi connectivity index (χ2n) is 4.70. The lowest BCUT2D eigenvalue weighted by Gasteiger charge is -2.11. The number of furan rings is 1. The number of aryl methyl sites for hydroxylation is 1. The quantitative estimate of drug-likeness (QED) is 0.280. The third-order valence-corrected chi connectivity index (χ3v) is 4.00. The molecule has 2 aromatic rings. The van der Waals surface area contributed by atoms with Gasteiger partial charge in [-0.15, -0.1) is 35.3 Å². The maximum atomic E-state index is 5.53. The topological polar surface area (TPSA) is 71.7 Å². The molecule has 0 aliphatic rings. The molecule has 0 aliphatic heterocycles. The minimum Gasteiger partial charge on any atom is -0.467 e. The number of nitrogens with zero attached hydrogens (tertiary/aromatic N) is 2. The summed E-state index contributed by atoms with van der Waals surface area (Å²) < 4.78 is 10.7.